The highest BCUT2D eigenvalue weighted by Gasteiger charge is 1.86. The van der Waals surface area contributed by atoms with Crippen LogP contribution in [0.5, 0.6) is 0 Å². The molecule has 0 aliphatic rings. The van der Waals surface area contributed by atoms with E-state index in [-0.39, 0.29) is 0 Å². The minimum Gasteiger partial charge on any atom is -0.449 e. The van der Waals surface area contributed by atoms with Crippen molar-refractivity contribution in [3.05, 3.63) is 18.3 Å². The van der Waals surface area contributed by atoms with Gasteiger partial charge in [0.2, 0.25) is 0 Å². The first-order valence-electron chi connectivity index (χ1n) is 2.04. The van der Waals surface area contributed by atoms with Gasteiger partial charge in [0.1, 0.15) is 0 Å². The molecule has 1 aromatic heterocycles. The monoisotopic (exact) mass is 94.0 g/mol. The van der Waals surface area contributed by atoms with Gasteiger partial charge in [-0.05, 0) is 12.1 Å². The topological polar surface area (TPSA) is 36.0 Å². The van der Waals surface area contributed by atoms with Crippen molar-refractivity contribution in [3.63, 3.8) is 0 Å². The van der Waals surface area contributed by atoms with Crippen LogP contribution in [0.4, 0.5) is 0 Å². The zero-order chi connectivity index (χ0) is 5.11. The SMILES string of the molecule is O[B]c1ccc[nH]1. The Bertz CT molecular complexity index is 126. The standard InChI is InChI=1S/C4H5BNO/c7-5-4-2-1-3-6-4/h1-3,6-7H. The fourth-order valence-electron chi connectivity index (χ4n) is 0.425. The Morgan fingerprint density at radius 3 is 2.86 bits per heavy atom. The van der Waals surface area contributed by atoms with Crippen LogP contribution in [-0.4, -0.2) is 17.5 Å². The van der Waals surface area contributed by atoms with Crippen molar-refractivity contribution in [2.24, 2.45) is 0 Å². The first-order chi connectivity index (χ1) is 3.43. The molecule has 0 aliphatic carbocycles. The lowest BCUT2D eigenvalue weighted by Gasteiger charge is -1.77. The molecule has 0 unspecified atom stereocenters. The summed E-state index contributed by atoms with van der Waals surface area (Å²) in [5.74, 6) is 0. The van der Waals surface area contributed by atoms with Crippen molar-refractivity contribution < 1.29 is 5.02 Å². The third kappa shape index (κ3) is 0.840. The average Bonchev–Trinajstić information content (AvgIpc) is 2.14. The molecule has 0 bridgehead atoms. The second-order valence-corrected chi connectivity index (χ2v) is 1.25. The molecule has 0 aliphatic heterocycles. The lowest BCUT2D eigenvalue weighted by Crippen LogP contribution is -2.12. The number of hydrogen-bond acceptors (Lipinski definition) is 1. The van der Waals surface area contributed by atoms with Crippen molar-refractivity contribution in [2.75, 3.05) is 0 Å². The third-order valence-electron chi connectivity index (χ3n) is 0.761. The Kier molecular flexibility index (Phi) is 1.17. The second kappa shape index (κ2) is 1.84. The molecule has 0 aromatic carbocycles. The van der Waals surface area contributed by atoms with E-state index < -0.39 is 0 Å². The maximum Gasteiger partial charge on any atom is 0.345 e. The van der Waals surface area contributed by atoms with Gasteiger partial charge in [-0.2, -0.15) is 0 Å². The van der Waals surface area contributed by atoms with Gasteiger partial charge in [-0.15, -0.1) is 0 Å². The Hall–Kier alpha value is -0.695. The number of aromatic amines is 1. The van der Waals surface area contributed by atoms with Gasteiger partial charge in [0.15, 0.2) is 0 Å². The van der Waals surface area contributed by atoms with Gasteiger partial charge in [-0.1, -0.05) is 0 Å². The third-order valence-corrected chi connectivity index (χ3v) is 0.761. The van der Waals surface area contributed by atoms with Gasteiger partial charge >= 0.3 is 7.48 Å². The van der Waals surface area contributed by atoms with Gasteiger partial charge in [0, 0.05) is 11.8 Å². The number of rotatable bonds is 1. The minimum atomic E-state index is 0.736. The zero-order valence-corrected chi connectivity index (χ0v) is 3.76. The Morgan fingerprint density at radius 1 is 1.71 bits per heavy atom. The van der Waals surface area contributed by atoms with Gasteiger partial charge < -0.3 is 10.0 Å². The first-order valence-corrected chi connectivity index (χ1v) is 2.04. The highest BCUT2D eigenvalue weighted by Crippen LogP contribution is 1.70. The second-order valence-electron chi connectivity index (χ2n) is 1.25. The summed E-state index contributed by atoms with van der Waals surface area (Å²) in [7, 11) is 1.03. The summed E-state index contributed by atoms with van der Waals surface area (Å²) < 4.78 is 0. The highest BCUT2D eigenvalue weighted by atomic mass is 16.2. The minimum absolute atomic E-state index is 0.736. The lowest BCUT2D eigenvalue weighted by atomic mass is 9.97. The molecule has 2 N–H and O–H groups in total. The fourth-order valence-corrected chi connectivity index (χ4v) is 0.425. The molecule has 0 fully saturated rings. The summed E-state index contributed by atoms with van der Waals surface area (Å²) in [5, 5.41) is 8.27. The van der Waals surface area contributed by atoms with E-state index >= 15 is 0 Å². The molecule has 1 heterocycles. The smallest absolute Gasteiger partial charge is 0.345 e. The van der Waals surface area contributed by atoms with Crippen LogP contribution in [0, 0.1) is 0 Å². The largest absolute Gasteiger partial charge is 0.449 e. The Balaban J connectivity index is 2.76. The van der Waals surface area contributed by atoms with Crippen LogP contribution in [0.2, 0.25) is 0 Å². The van der Waals surface area contributed by atoms with Crippen molar-refractivity contribution in [2.45, 2.75) is 0 Å². The zero-order valence-electron chi connectivity index (χ0n) is 3.76. The van der Waals surface area contributed by atoms with Gasteiger partial charge in [-0.25, -0.2) is 0 Å². The van der Waals surface area contributed by atoms with Crippen LogP contribution in [0.3, 0.4) is 0 Å². The molecule has 2 nitrogen and oxygen atoms in total. The molecule has 7 heavy (non-hydrogen) atoms. The predicted octanol–water partition coefficient (Wildman–Crippen LogP) is -0.749. The molecule has 0 saturated carbocycles. The fraction of sp³-hybridized carbons (Fsp3) is 0. The summed E-state index contributed by atoms with van der Waals surface area (Å²) in [6.07, 6.45) is 1.75. The van der Waals surface area contributed by atoms with Crippen LogP contribution in [-0.2, 0) is 0 Å². The number of H-pyrrole nitrogens is 1. The molecule has 0 spiro atoms. The van der Waals surface area contributed by atoms with E-state index in [1.54, 1.807) is 12.3 Å². The molecule has 3 heteroatoms. The number of nitrogens with one attached hydrogen (secondary N) is 1. The lowest BCUT2D eigenvalue weighted by molar-refractivity contribution is 0.614. The summed E-state index contributed by atoms with van der Waals surface area (Å²) in [5.41, 5.74) is 0.736. The molecule has 0 saturated heterocycles. The molecule has 0 atom stereocenters. The Morgan fingerprint density at radius 2 is 2.57 bits per heavy atom. The summed E-state index contributed by atoms with van der Waals surface area (Å²) in [6.45, 7) is 0. The van der Waals surface area contributed by atoms with Crippen molar-refractivity contribution >= 4 is 13.1 Å². The van der Waals surface area contributed by atoms with Gasteiger partial charge in [0.25, 0.3) is 0 Å². The van der Waals surface area contributed by atoms with Crippen LogP contribution < -0.4 is 5.59 Å². The van der Waals surface area contributed by atoms with Crippen molar-refractivity contribution in [1.29, 1.82) is 0 Å². The molecular weight excluding hydrogens is 88.9 g/mol. The predicted molar refractivity (Wildman–Crippen MR) is 28.4 cm³/mol. The maximum absolute atomic E-state index is 8.27. The van der Waals surface area contributed by atoms with Gasteiger partial charge in [0.05, 0.1) is 0 Å². The summed E-state index contributed by atoms with van der Waals surface area (Å²) >= 11 is 0. The molecule has 1 radical (unpaired) electrons. The molecule has 0 amide bonds. The van der Waals surface area contributed by atoms with E-state index in [4.69, 9.17) is 5.02 Å². The highest BCUT2D eigenvalue weighted by molar-refractivity contribution is 6.44. The number of aromatic nitrogens is 1. The van der Waals surface area contributed by atoms with Crippen molar-refractivity contribution in [3.8, 4) is 0 Å². The van der Waals surface area contributed by atoms with Gasteiger partial charge in [-0.3, -0.25) is 0 Å². The molecule has 1 rings (SSSR count). The van der Waals surface area contributed by atoms with E-state index in [0.29, 0.717) is 0 Å². The van der Waals surface area contributed by atoms with Crippen molar-refractivity contribution in [1.82, 2.24) is 4.98 Å². The van der Waals surface area contributed by atoms with E-state index in [1.807, 2.05) is 6.07 Å². The maximum atomic E-state index is 8.27. The number of hydrogen-bond donors (Lipinski definition) is 2. The van der Waals surface area contributed by atoms with E-state index in [2.05, 4.69) is 4.98 Å². The first kappa shape index (κ1) is 4.46. The van der Waals surface area contributed by atoms with Crippen LogP contribution in [0.1, 0.15) is 0 Å². The summed E-state index contributed by atoms with van der Waals surface area (Å²) in [4.78, 5) is 2.78. The van der Waals surface area contributed by atoms with Crippen LogP contribution in [0.15, 0.2) is 18.3 Å². The average molecular weight is 93.9 g/mol. The van der Waals surface area contributed by atoms with E-state index in [1.165, 1.54) is 0 Å². The van der Waals surface area contributed by atoms with E-state index in [0.717, 1.165) is 13.1 Å². The Labute approximate surface area is 42.5 Å². The van der Waals surface area contributed by atoms with Crippen LogP contribution >= 0.6 is 0 Å². The van der Waals surface area contributed by atoms with Crippen LogP contribution in [0.25, 0.3) is 0 Å². The molecular formula is C4H5BNO. The molecule has 1 aromatic rings. The quantitative estimate of drug-likeness (QED) is 0.441. The normalized spacial score (nSPS) is 8.71. The summed E-state index contributed by atoms with van der Waals surface area (Å²) in [6, 6.07) is 3.60. The van der Waals surface area contributed by atoms with E-state index in [9.17, 15) is 0 Å². The molecule has 35 valence electrons.